The largest absolute Gasteiger partial charge is 0.303 e. The molecular formula is C19H26N2OS. The van der Waals surface area contributed by atoms with E-state index in [-0.39, 0.29) is 0 Å². The van der Waals surface area contributed by atoms with Crippen molar-refractivity contribution in [1.29, 1.82) is 0 Å². The minimum atomic E-state index is -1.15. The Morgan fingerprint density at radius 3 is 2.65 bits per heavy atom. The summed E-state index contributed by atoms with van der Waals surface area (Å²) in [7, 11) is -1.15. The molecule has 2 atom stereocenters. The van der Waals surface area contributed by atoms with E-state index in [1.54, 1.807) is 0 Å². The molecule has 0 saturated carbocycles. The first-order chi connectivity index (χ1) is 11.2. The molecular weight excluding hydrogens is 304 g/mol. The Labute approximate surface area is 141 Å². The van der Waals surface area contributed by atoms with E-state index in [0.717, 1.165) is 28.8 Å². The molecule has 1 fully saturated rings. The normalized spacial score (nSPS) is 18.8. The molecule has 0 spiro atoms. The maximum atomic E-state index is 12.6. The van der Waals surface area contributed by atoms with Crippen LogP contribution in [0.1, 0.15) is 26.2 Å². The average Bonchev–Trinajstić information content (AvgIpc) is 2.60. The van der Waals surface area contributed by atoms with Gasteiger partial charge in [-0.15, -0.1) is 0 Å². The Balaban J connectivity index is 1.58. The zero-order valence-corrected chi connectivity index (χ0v) is 14.6. The van der Waals surface area contributed by atoms with Gasteiger partial charge in [0.15, 0.2) is 0 Å². The van der Waals surface area contributed by atoms with E-state index in [0.29, 0.717) is 5.92 Å². The third kappa shape index (κ3) is 4.40. The molecule has 23 heavy (non-hydrogen) atoms. The van der Waals surface area contributed by atoms with Crippen LogP contribution >= 0.6 is 0 Å². The van der Waals surface area contributed by atoms with Crippen LogP contribution in [0.4, 0.5) is 0 Å². The number of nitrogens with zero attached hydrogens (tertiary/aromatic N) is 1. The van der Waals surface area contributed by atoms with Crippen molar-refractivity contribution < 1.29 is 4.21 Å². The van der Waals surface area contributed by atoms with Crippen LogP contribution in [0.25, 0.3) is 10.8 Å². The Bertz CT molecular complexity index is 662. The topological polar surface area (TPSA) is 32.3 Å². The van der Waals surface area contributed by atoms with Crippen molar-refractivity contribution in [1.82, 2.24) is 9.62 Å². The van der Waals surface area contributed by atoms with Crippen LogP contribution in [-0.2, 0) is 11.0 Å². The third-order valence-corrected chi connectivity index (χ3v) is 5.72. The molecule has 2 aromatic rings. The average molecular weight is 330 g/mol. The fourth-order valence-corrected chi connectivity index (χ4v) is 4.48. The second kappa shape index (κ2) is 8.04. The molecule has 3 rings (SSSR count). The van der Waals surface area contributed by atoms with Crippen LogP contribution in [-0.4, -0.2) is 35.3 Å². The van der Waals surface area contributed by atoms with Crippen LogP contribution in [0, 0.1) is 5.92 Å². The summed E-state index contributed by atoms with van der Waals surface area (Å²) < 4.78 is 15.9. The molecule has 0 radical (unpaired) electrons. The van der Waals surface area contributed by atoms with Gasteiger partial charge in [0, 0.05) is 13.1 Å². The molecule has 0 aliphatic carbocycles. The lowest BCUT2D eigenvalue weighted by atomic mass is 10.1. The number of hydrogen-bond donors (Lipinski definition) is 1. The van der Waals surface area contributed by atoms with E-state index in [1.807, 2.05) is 30.3 Å². The summed E-state index contributed by atoms with van der Waals surface area (Å²) in [5.41, 5.74) is 0. The third-order valence-electron chi connectivity index (χ3n) is 4.53. The summed E-state index contributed by atoms with van der Waals surface area (Å²) in [6.07, 6.45) is 4.01. The summed E-state index contributed by atoms with van der Waals surface area (Å²) in [5.74, 6) is 0.507. The summed E-state index contributed by atoms with van der Waals surface area (Å²) in [6.45, 7) is 6.56. The lowest BCUT2D eigenvalue weighted by Crippen LogP contribution is -2.37. The molecule has 1 aliphatic rings. The molecule has 3 nitrogen and oxygen atoms in total. The molecule has 1 saturated heterocycles. The molecule has 0 amide bonds. The monoisotopic (exact) mass is 330 g/mol. The van der Waals surface area contributed by atoms with Gasteiger partial charge >= 0.3 is 0 Å². The maximum absolute atomic E-state index is 12.6. The number of rotatable bonds is 6. The van der Waals surface area contributed by atoms with Gasteiger partial charge in [0.1, 0.15) is 11.0 Å². The first-order valence-electron chi connectivity index (χ1n) is 8.59. The summed E-state index contributed by atoms with van der Waals surface area (Å²) >= 11 is 0. The number of hydrogen-bond acceptors (Lipinski definition) is 2. The standard InChI is InChI=1S/C19H26N2OS/c1-16(15-21-12-5-2-6-13-21)14-20-23(22)19-11-7-9-17-8-3-4-10-18(17)19/h3-4,7-11,16,20H,2,5-6,12-15H2,1H3. The van der Waals surface area contributed by atoms with E-state index < -0.39 is 11.0 Å². The van der Waals surface area contributed by atoms with Crippen molar-refractivity contribution in [2.45, 2.75) is 31.1 Å². The van der Waals surface area contributed by atoms with Crippen molar-refractivity contribution in [2.24, 2.45) is 5.92 Å². The first kappa shape index (κ1) is 16.6. The fourth-order valence-electron chi connectivity index (χ4n) is 3.30. The maximum Gasteiger partial charge on any atom is 0.125 e. The van der Waals surface area contributed by atoms with Gasteiger partial charge in [-0.3, -0.25) is 0 Å². The van der Waals surface area contributed by atoms with Gasteiger partial charge in [0.2, 0.25) is 0 Å². The SMILES string of the molecule is CC(CNS(=O)c1cccc2ccccc12)CN1CCCCC1. The summed E-state index contributed by atoms with van der Waals surface area (Å²) in [6, 6.07) is 14.1. The minimum Gasteiger partial charge on any atom is -0.303 e. The fraction of sp³-hybridized carbons (Fsp3) is 0.474. The van der Waals surface area contributed by atoms with E-state index >= 15 is 0 Å². The van der Waals surface area contributed by atoms with Gasteiger partial charge in [-0.2, -0.15) is 0 Å². The van der Waals surface area contributed by atoms with E-state index in [2.05, 4.69) is 28.7 Å². The van der Waals surface area contributed by atoms with Crippen LogP contribution in [0.15, 0.2) is 47.4 Å². The number of nitrogens with one attached hydrogen (secondary N) is 1. The van der Waals surface area contributed by atoms with Crippen LogP contribution in [0.2, 0.25) is 0 Å². The molecule has 0 aromatic heterocycles. The quantitative estimate of drug-likeness (QED) is 0.878. The number of piperidine rings is 1. The second-order valence-electron chi connectivity index (χ2n) is 6.56. The van der Waals surface area contributed by atoms with E-state index in [9.17, 15) is 4.21 Å². The predicted octanol–water partition coefficient (Wildman–Crippen LogP) is 3.57. The second-order valence-corrected chi connectivity index (χ2v) is 7.83. The zero-order chi connectivity index (χ0) is 16.1. The Kier molecular flexibility index (Phi) is 5.81. The molecule has 2 aromatic carbocycles. The molecule has 4 heteroatoms. The molecule has 1 heterocycles. The first-order valence-corrected chi connectivity index (χ1v) is 9.74. The van der Waals surface area contributed by atoms with Gasteiger partial charge in [-0.25, -0.2) is 8.93 Å². The molecule has 2 unspecified atom stereocenters. The highest BCUT2D eigenvalue weighted by molar-refractivity contribution is 7.83. The Hall–Kier alpha value is -1.23. The van der Waals surface area contributed by atoms with Crippen LogP contribution in [0.5, 0.6) is 0 Å². The number of likely N-dealkylation sites (tertiary alicyclic amines) is 1. The summed E-state index contributed by atoms with van der Waals surface area (Å²) in [5, 5.41) is 2.21. The van der Waals surface area contributed by atoms with Crippen LogP contribution in [0.3, 0.4) is 0 Å². The van der Waals surface area contributed by atoms with Gasteiger partial charge in [-0.05, 0) is 48.7 Å². The van der Waals surface area contributed by atoms with Crippen molar-refractivity contribution in [3.63, 3.8) is 0 Å². The molecule has 0 bridgehead atoms. The highest BCUT2D eigenvalue weighted by Gasteiger charge is 2.15. The number of benzene rings is 2. The molecule has 1 aliphatic heterocycles. The van der Waals surface area contributed by atoms with Gasteiger partial charge in [-0.1, -0.05) is 49.7 Å². The zero-order valence-electron chi connectivity index (χ0n) is 13.8. The highest BCUT2D eigenvalue weighted by atomic mass is 32.2. The van der Waals surface area contributed by atoms with Crippen molar-refractivity contribution in [3.05, 3.63) is 42.5 Å². The van der Waals surface area contributed by atoms with Crippen molar-refractivity contribution >= 4 is 21.8 Å². The summed E-state index contributed by atoms with van der Waals surface area (Å²) in [4.78, 5) is 3.42. The smallest absolute Gasteiger partial charge is 0.125 e. The highest BCUT2D eigenvalue weighted by Crippen LogP contribution is 2.20. The van der Waals surface area contributed by atoms with Crippen molar-refractivity contribution in [3.8, 4) is 0 Å². The van der Waals surface area contributed by atoms with Gasteiger partial charge < -0.3 is 4.90 Å². The van der Waals surface area contributed by atoms with Crippen LogP contribution < -0.4 is 4.72 Å². The van der Waals surface area contributed by atoms with E-state index in [1.165, 1.54) is 32.4 Å². The lowest BCUT2D eigenvalue weighted by Gasteiger charge is -2.29. The van der Waals surface area contributed by atoms with Crippen molar-refractivity contribution in [2.75, 3.05) is 26.2 Å². The minimum absolute atomic E-state index is 0.507. The predicted molar refractivity (Wildman–Crippen MR) is 97.8 cm³/mol. The number of fused-ring (bicyclic) bond motifs is 1. The van der Waals surface area contributed by atoms with E-state index in [4.69, 9.17) is 0 Å². The van der Waals surface area contributed by atoms with Gasteiger partial charge in [0.25, 0.3) is 0 Å². The molecule has 1 N–H and O–H groups in total. The van der Waals surface area contributed by atoms with Gasteiger partial charge in [0.05, 0.1) is 4.90 Å². The lowest BCUT2D eigenvalue weighted by molar-refractivity contribution is 0.201. The Morgan fingerprint density at radius 1 is 1.09 bits per heavy atom. The molecule has 124 valence electrons. The Morgan fingerprint density at radius 2 is 1.83 bits per heavy atom.